The lowest BCUT2D eigenvalue weighted by Crippen LogP contribution is -1.97. The van der Waals surface area contributed by atoms with Crippen LogP contribution < -0.4 is 0 Å². The minimum Gasteiger partial charge on any atom is -0.0619 e. The summed E-state index contributed by atoms with van der Waals surface area (Å²) in [5.41, 5.74) is 0.804. The molecular formula is C9H16. The van der Waals surface area contributed by atoms with Crippen LogP contribution in [0.1, 0.15) is 33.6 Å². The van der Waals surface area contributed by atoms with Crippen molar-refractivity contribution in [2.75, 3.05) is 0 Å². The van der Waals surface area contributed by atoms with Gasteiger partial charge in [0.25, 0.3) is 0 Å². The van der Waals surface area contributed by atoms with E-state index >= 15 is 0 Å². The Labute approximate surface area is 57.6 Å². The molecule has 52 valence electrons. The summed E-state index contributed by atoms with van der Waals surface area (Å²) in [4.78, 5) is 0. The zero-order chi connectivity index (χ0) is 6.65. The molecule has 0 aromatic heterocycles. The molecule has 0 aromatic rings. The van der Waals surface area contributed by atoms with Gasteiger partial charge in [-0.05, 0) is 36.0 Å². The van der Waals surface area contributed by atoms with E-state index in [4.69, 9.17) is 0 Å². The van der Waals surface area contributed by atoms with E-state index in [0.29, 0.717) is 0 Å². The average molecular weight is 124 g/mol. The lowest BCUT2D eigenvalue weighted by atomic mass is 10.0. The molecule has 2 aliphatic rings. The number of rotatable bonds is 1. The molecule has 0 bridgehead atoms. The van der Waals surface area contributed by atoms with E-state index in [1.807, 2.05) is 0 Å². The minimum atomic E-state index is 0.804. The topological polar surface area (TPSA) is 0 Å². The van der Waals surface area contributed by atoms with Gasteiger partial charge in [-0.25, -0.2) is 0 Å². The zero-order valence-corrected chi connectivity index (χ0v) is 6.65. The van der Waals surface area contributed by atoms with Crippen molar-refractivity contribution in [3.05, 3.63) is 0 Å². The Kier molecular flexibility index (Phi) is 0.868. The highest BCUT2D eigenvalue weighted by atomic mass is 14.6. The largest absolute Gasteiger partial charge is 0.0619 e. The maximum atomic E-state index is 2.46. The molecule has 2 unspecified atom stereocenters. The van der Waals surface area contributed by atoms with Crippen molar-refractivity contribution in [3.8, 4) is 0 Å². The lowest BCUT2D eigenvalue weighted by Gasteiger charge is -2.03. The van der Waals surface area contributed by atoms with Gasteiger partial charge in [0.2, 0.25) is 0 Å². The summed E-state index contributed by atoms with van der Waals surface area (Å²) < 4.78 is 0. The fourth-order valence-corrected chi connectivity index (χ4v) is 2.46. The fraction of sp³-hybridized carbons (Fsp3) is 1.00. The molecule has 2 atom stereocenters. The van der Waals surface area contributed by atoms with Crippen LogP contribution in [0.3, 0.4) is 0 Å². The number of hydrogen-bond donors (Lipinski definition) is 0. The van der Waals surface area contributed by atoms with Crippen molar-refractivity contribution in [3.63, 3.8) is 0 Å². The SMILES string of the molecule is CC1C(C)C1C1(C)CC1. The van der Waals surface area contributed by atoms with Gasteiger partial charge in [-0.2, -0.15) is 0 Å². The summed E-state index contributed by atoms with van der Waals surface area (Å²) in [6.45, 7) is 7.26. The monoisotopic (exact) mass is 124 g/mol. The van der Waals surface area contributed by atoms with Crippen molar-refractivity contribution >= 4 is 0 Å². The van der Waals surface area contributed by atoms with Crippen molar-refractivity contribution < 1.29 is 0 Å². The van der Waals surface area contributed by atoms with Crippen molar-refractivity contribution in [1.82, 2.24) is 0 Å². The maximum Gasteiger partial charge on any atom is -0.0292 e. The van der Waals surface area contributed by atoms with Crippen LogP contribution >= 0.6 is 0 Å². The van der Waals surface area contributed by atoms with Gasteiger partial charge in [0.05, 0.1) is 0 Å². The van der Waals surface area contributed by atoms with Gasteiger partial charge >= 0.3 is 0 Å². The van der Waals surface area contributed by atoms with E-state index in [0.717, 1.165) is 23.2 Å². The molecule has 0 saturated heterocycles. The Bertz CT molecular complexity index is 125. The van der Waals surface area contributed by atoms with E-state index < -0.39 is 0 Å². The maximum absolute atomic E-state index is 2.46. The first kappa shape index (κ1) is 5.76. The van der Waals surface area contributed by atoms with Crippen LogP contribution in [0.15, 0.2) is 0 Å². The molecule has 0 radical (unpaired) electrons. The Morgan fingerprint density at radius 3 is 1.67 bits per heavy atom. The highest BCUT2D eigenvalue weighted by Crippen LogP contribution is 2.66. The molecule has 0 heterocycles. The summed E-state index contributed by atoms with van der Waals surface area (Å²) in [6, 6.07) is 0. The quantitative estimate of drug-likeness (QED) is 0.504. The van der Waals surface area contributed by atoms with Crippen LogP contribution in [0.25, 0.3) is 0 Å². The van der Waals surface area contributed by atoms with Gasteiger partial charge < -0.3 is 0 Å². The first-order chi connectivity index (χ1) is 4.15. The van der Waals surface area contributed by atoms with Crippen LogP contribution in [0.5, 0.6) is 0 Å². The van der Waals surface area contributed by atoms with E-state index in [9.17, 15) is 0 Å². The van der Waals surface area contributed by atoms with E-state index in [2.05, 4.69) is 20.8 Å². The third-order valence-electron chi connectivity index (χ3n) is 3.66. The third kappa shape index (κ3) is 0.653. The Hall–Kier alpha value is 0. The molecule has 0 N–H and O–H groups in total. The first-order valence-electron chi connectivity index (χ1n) is 4.15. The molecule has 2 fully saturated rings. The third-order valence-corrected chi connectivity index (χ3v) is 3.66. The second-order valence-corrected chi connectivity index (χ2v) is 4.40. The normalized spacial score (nSPS) is 53.0. The minimum absolute atomic E-state index is 0.804. The Morgan fingerprint density at radius 1 is 1.11 bits per heavy atom. The molecule has 0 nitrogen and oxygen atoms in total. The zero-order valence-electron chi connectivity index (χ0n) is 6.65. The van der Waals surface area contributed by atoms with Crippen LogP contribution in [-0.2, 0) is 0 Å². The van der Waals surface area contributed by atoms with Gasteiger partial charge in [-0.1, -0.05) is 20.8 Å². The molecule has 0 heteroatoms. The Balaban J connectivity index is 2.02. The second-order valence-electron chi connectivity index (χ2n) is 4.40. The lowest BCUT2D eigenvalue weighted by molar-refractivity contribution is 0.449. The molecule has 2 aliphatic carbocycles. The van der Waals surface area contributed by atoms with Crippen molar-refractivity contribution in [1.29, 1.82) is 0 Å². The van der Waals surface area contributed by atoms with Gasteiger partial charge in [0, 0.05) is 0 Å². The van der Waals surface area contributed by atoms with Crippen LogP contribution in [-0.4, -0.2) is 0 Å². The summed E-state index contributed by atoms with van der Waals surface area (Å²) >= 11 is 0. The smallest absolute Gasteiger partial charge is 0.0292 e. The van der Waals surface area contributed by atoms with Crippen molar-refractivity contribution in [2.45, 2.75) is 33.6 Å². The highest BCUT2D eigenvalue weighted by Gasteiger charge is 2.58. The molecule has 0 spiro atoms. The number of hydrogen-bond acceptors (Lipinski definition) is 0. The van der Waals surface area contributed by atoms with Gasteiger partial charge in [-0.3, -0.25) is 0 Å². The average Bonchev–Trinajstić information content (AvgIpc) is 2.58. The van der Waals surface area contributed by atoms with E-state index in [1.54, 1.807) is 0 Å². The summed E-state index contributed by atoms with van der Waals surface area (Å²) in [6.07, 6.45) is 3.01. The van der Waals surface area contributed by atoms with Crippen LogP contribution in [0.4, 0.5) is 0 Å². The van der Waals surface area contributed by atoms with Crippen molar-refractivity contribution in [2.24, 2.45) is 23.2 Å². The second kappa shape index (κ2) is 1.36. The molecule has 0 aliphatic heterocycles. The van der Waals surface area contributed by atoms with Gasteiger partial charge in [0.15, 0.2) is 0 Å². The molecule has 0 amide bonds. The summed E-state index contributed by atoms with van der Waals surface area (Å²) in [5, 5.41) is 0. The van der Waals surface area contributed by atoms with Gasteiger partial charge in [0.1, 0.15) is 0 Å². The molecule has 2 saturated carbocycles. The molecule has 2 rings (SSSR count). The highest BCUT2D eigenvalue weighted by molar-refractivity contribution is 5.07. The van der Waals surface area contributed by atoms with Crippen LogP contribution in [0.2, 0.25) is 0 Å². The predicted molar refractivity (Wildman–Crippen MR) is 39.2 cm³/mol. The Morgan fingerprint density at radius 2 is 1.56 bits per heavy atom. The van der Waals surface area contributed by atoms with E-state index in [-0.39, 0.29) is 0 Å². The fourth-order valence-electron chi connectivity index (χ4n) is 2.46. The summed E-state index contributed by atoms with van der Waals surface area (Å²) in [7, 11) is 0. The molecule has 9 heavy (non-hydrogen) atoms. The molecule has 0 aromatic carbocycles. The predicted octanol–water partition coefficient (Wildman–Crippen LogP) is 2.69. The summed E-state index contributed by atoms with van der Waals surface area (Å²) in [5.74, 6) is 3.17. The standard InChI is InChI=1S/C9H16/c1-6-7(2)8(6)9(3)4-5-9/h6-8H,4-5H2,1-3H3. The van der Waals surface area contributed by atoms with E-state index in [1.165, 1.54) is 12.8 Å². The molecular weight excluding hydrogens is 108 g/mol. The first-order valence-corrected chi connectivity index (χ1v) is 4.15. The van der Waals surface area contributed by atoms with Crippen LogP contribution in [0, 0.1) is 23.2 Å². The van der Waals surface area contributed by atoms with Gasteiger partial charge in [-0.15, -0.1) is 0 Å².